The second-order valence-electron chi connectivity index (χ2n) is 2.91. The molecule has 0 fully saturated rings. The van der Waals surface area contributed by atoms with E-state index >= 15 is 0 Å². The average Bonchev–Trinajstić information content (AvgIpc) is 2.55. The van der Waals surface area contributed by atoms with Gasteiger partial charge in [-0.25, -0.2) is 0 Å². The van der Waals surface area contributed by atoms with E-state index in [-0.39, 0.29) is 0 Å². The van der Waals surface area contributed by atoms with E-state index in [0.29, 0.717) is 5.56 Å². The van der Waals surface area contributed by atoms with Crippen molar-refractivity contribution < 1.29 is 0 Å². The summed E-state index contributed by atoms with van der Waals surface area (Å²) in [4.78, 5) is 3.04. The maximum absolute atomic E-state index is 8.78. The van der Waals surface area contributed by atoms with Crippen LogP contribution in [0, 0.1) is 18.3 Å². The number of rotatable bonds is 0. The first-order valence-corrected chi connectivity index (χ1v) is 4.28. The first-order chi connectivity index (χ1) is 6.24. The second-order valence-corrected chi connectivity index (χ2v) is 3.32. The van der Waals surface area contributed by atoms with Crippen LogP contribution >= 0.6 is 11.6 Å². The number of benzene rings is 1. The van der Waals surface area contributed by atoms with Gasteiger partial charge in [0.1, 0.15) is 6.07 Å². The summed E-state index contributed by atoms with van der Waals surface area (Å²) in [6, 6.07) is 5.80. The van der Waals surface area contributed by atoms with Crippen LogP contribution in [0.5, 0.6) is 0 Å². The molecular formula is C10H7ClN2. The molecule has 1 aromatic heterocycles. The largest absolute Gasteiger partial charge is 0.360 e. The van der Waals surface area contributed by atoms with Crippen molar-refractivity contribution >= 4 is 22.5 Å². The topological polar surface area (TPSA) is 39.6 Å². The van der Waals surface area contributed by atoms with Crippen LogP contribution in [0.3, 0.4) is 0 Å². The van der Waals surface area contributed by atoms with Gasteiger partial charge in [0, 0.05) is 16.6 Å². The van der Waals surface area contributed by atoms with Crippen LogP contribution < -0.4 is 0 Å². The van der Waals surface area contributed by atoms with Gasteiger partial charge in [0.25, 0.3) is 0 Å². The molecule has 0 atom stereocenters. The van der Waals surface area contributed by atoms with Crippen molar-refractivity contribution in [2.45, 2.75) is 6.92 Å². The van der Waals surface area contributed by atoms with Gasteiger partial charge in [-0.05, 0) is 18.6 Å². The standard InChI is InChI=1S/C10H7ClN2/c1-6-9(11)3-2-8-7(4-12)5-13-10(6)8/h2-3,5,13H,1H3. The Morgan fingerprint density at radius 3 is 2.92 bits per heavy atom. The molecule has 0 saturated carbocycles. The smallest absolute Gasteiger partial charge is 0.101 e. The summed E-state index contributed by atoms with van der Waals surface area (Å²) in [5.74, 6) is 0. The highest BCUT2D eigenvalue weighted by Gasteiger charge is 2.06. The van der Waals surface area contributed by atoms with E-state index in [0.717, 1.165) is 21.5 Å². The molecule has 13 heavy (non-hydrogen) atoms. The van der Waals surface area contributed by atoms with E-state index in [4.69, 9.17) is 16.9 Å². The Balaban J connectivity index is 2.91. The number of nitriles is 1. The van der Waals surface area contributed by atoms with Gasteiger partial charge in [-0.3, -0.25) is 0 Å². The number of aryl methyl sites for hydroxylation is 1. The summed E-state index contributed by atoms with van der Waals surface area (Å²) >= 11 is 5.94. The summed E-state index contributed by atoms with van der Waals surface area (Å²) in [7, 11) is 0. The Morgan fingerprint density at radius 2 is 2.23 bits per heavy atom. The zero-order valence-corrected chi connectivity index (χ0v) is 7.81. The molecule has 2 nitrogen and oxygen atoms in total. The lowest BCUT2D eigenvalue weighted by atomic mass is 10.1. The quantitative estimate of drug-likeness (QED) is 0.682. The maximum Gasteiger partial charge on any atom is 0.101 e. The van der Waals surface area contributed by atoms with Crippen molar-refractivity contribution in [1.29, 1.82) is 5.26 Å². The fourth-order valence-corrected chi connectivity index (χ4v) is 1.57. The minimum absolute atomic E-state index is 0.662. The Bertz CT molecular complexity index is 505. The van der Waals surface area contributed by atoms with Crippen molar-refractivity contribution in [2.75, 3.05) is 0 Å². The van der Waals surface area contributed by atoms with Gasteiger partial charge in [0.15, 0.2) is 0 Å². The minimum atomic E-state index is 0.662. The van der Waals surface area contributed by atoms with Gasteiger partial charge in [0.05, 0.1) is 11.1 Å². The van der Waals surface area contributed by atoms with Gasteiger partial charge in [0.2, 0.25) is 0 Å². The van der Waals surface area contributed by atoms with Gasteiger partial charge >= 0.3 is 0 Å². The highest BCUT2D eigenvalue weighted by Crippen LogP contribution is 2.26. The summed E-state index contributed by atoms with van der Waals surface area (Å²) in [5.41, 5.74) is 2.60. The lowest BCUT2D eigenvalue weighted by molar-refractivity contribution is 1.41. The Kier molecular flexibility index (Phi) is 1.75. The number of aromatic nitrogens is 1. The molecule has 0 unspecified atom stereocenters. The molecule has 0 aliphatic carbocycles. The first-order valence-electron chi connectivity index (χ1n) is 3.90. The predicted molar refractivity (Wildman–Crippen MR) is 52.8 cm³/mol. The van der Waals surface area contributed by atoms with Crippen molar-refractivity contribution in [3.05, 3.63) is 34.5 Å². The van der Waals surface area contributed by atoms with Crippen LogP contribution in [-0.2, 0) is 0 Å². The monoisotopic (exact) mass is 190 g/mol. The number of halogens is 1. The number of nitrogens with zero attached hydrogens (tertiary/aromatic N) is 1. The summed E-state index contributed by atoms with van der Waals surface area (Å²) in [6.45, 7) is 1.93. The molecule has 0 aliphatic heterocycles. The molecule has 2 aromatic rings. The molecule has 1 aromatic carbocycles. The number of H-pyrrole nitrogens is 1. The Hall–Kier alpha value is -1.46. The number of aromatic amines is 1. The van der Waals surface area contributed by atoms with E-state index in [2.05, 4.69) is 11.1 Å². The molecule has 0 spiro atoms. The first kappa shape index (κ1) is 8.15. The normalized spacial score (nSPS) is 10.2. The molecule has 2 rings (SSSR count). The average molecular weight is 191 g/mol. The molecule has 64 valence electrons. The van der Waals surface area contributed by atoms with Gasteiger partial charge in [-0.2, -0.15) is 5.26 Å². The molecule has 3 heteroatoms. The van der Waals surface area contributed by atoms with Gasteiger partial charge in [-0.15, -0.1) is 0 Å². The summed E-state index contributed by atoms with van der Waals surface area (Å²) in [6.07, 6.45) is 1.70. The van der Waals surface area contributed by atoms with Crippen molar-refractivity contribution in [3.63, 3.8) is 0 Å². The molecular weight excluding hydrogens is 184 g/mol. The number of hydrogen-bond donors (Lipinski definition) is 1. The number of hydrogen-bond acceptors (Lipinski definition) is 1. The predicted octanol–water partition coefficient (Wildman–Crippen LogP) is 3.00. The molecule has 0 bridgehead atoms. The van der Waals surface area contributed by atoms with Crippen LogP contribution in [0.2, 0.25) is 5.02 Å². The minimum Gasteiger partial charge on any atom is -0.360 e. The van der Waals surface area contributed by atoms with Crippen LogP contribution in [0.1, 0.15) is 11.1 Å². The highest BCUT2D eigenvalue weighted by molar-refractivity contribution is 6.32. The molecule has 1 heterocycles. The van der Waals surface area contributed by atoms with Crippen LogP contribution in [-0.4, -0.2) is 4.98 Å². The zero-order valence-electron chi connectivity index (χ0n) is 7.06. The Morgan fingerprint density at radius 1 is 1.46 bits per heavy atom. The van der Waals surface area contributed by atoms with Crippen LogP contribution in [0.4, 0.5) is 0 Å². The third-order valence-corrected chi connectivity index (χ3v) is 2.58. The molecule has 0 aliphatic rings. The lowest BCUT2D eigenvalue weighted by Crippen LogP contribution is -1.78. The zero-order chi connectivity index (χ0) is 9.42. The van der Waals surface area contributed by atoms with Gasteiger partial charge < -0.3 is 4.98 Å². The van der Waals surface area contributed by atoms with Crippen molar-refractivity contribution in [1.82, 2.24) is 4.98 Å². The van der Waals surface area contributed by atoms with Gasteiger partial charge in [-0.1, -0.05) is 17.7 Å². The highest BCUT2D eigenvalue weighted by atomic mass is 35.5. The number of fused-ring (bicyclic) bond motifs is 1. The fourth-order valence-electron chi connectivity index (χ4n) is 1.41. The Labute approximate surface area is 80.7 Å². The molecule has 0 amide bonds. The lowest BCUT2D eigenvalue weighted by Gasteiger charge is -1.98. The van der Waals surface area contributed by atoms with E-state index in [1.165, 1.54) is 0 Å². The van der Waals surface area contributed by atoms with E-state index in [1.807, 2.05) is 19.1 Å². The number of nitrogens with one attached hydrogen (secondary N) is 1. The van der Waals surface area contributed by atoms with E-state index < -0.39 is 0 Å². The van der Waals surface area contributed by atoms with E-state index in [1.54, 1.807) is 6.20 Å². The van der Waals surface area contributed by atoms with Crippen LogP contribution in [0.25, 0.3) is 10.9 Å². The third kappa shape index (κ3) is 1.09. The SMILES string of the molecule is Cc1c(Cl)ccc2c(C#N)c[nH]c12. The van der Waals surface area contributed by atoms with Crippen molar-refractivity contribution in [3.8, 4) is 6.07 Å². The molecule has 0 radical (unpaired) electrons. The molecule has 1 N–H and O–H groups in total. The molecule has 0 saturated heterocycles. The van der Waals surface area contributed by atoms with Crippen molar-refractivity contribution in [2.24, 2.45) is 0 Å². The summed E-state index contributed by atoms with van der Waals surface area (Å²) in [5, 5.41) is 10.4. The third-order valence-electron chi connectivity index (χ3n) is 2.17. The summed E-state index contributed by atoms with van der Waals surface area (Å²) < 4.78 is 0. The van der Waals surface area contributed by atoms with Crippen LogP contribution in [0.15, 0.2) is 18.3 Å². The maximum atomic E-state index is 8.78. The second kappa shape index (κ2) is 2.79. The van der Waals surface area contributed by atoms with E-state index in [9.17, 15) is 0 Å². The fraction of sp³-hybridized carbons (Fsp3) is 0.100.